The highest BCUT2D eigenvalue weighted by Gasteiger charge is 2.28. The second kappa shape index (κ2) is 7.39. The maximum Gasteiger partial charge on any atom is 0.186 e. The molecule has 0 amide bonds. The Morgan fingerprint density at radius 3 is 2.45 bits per heavy atom. The average Bonchev–Trinajstić information content (AvgIpc) is 2.37. The van der Waals surface area contributed by atoms with Gasteiger partial charge >= 0.3 is 0 Å². The topological polar surface area (TPSA) is 42.2 Å². The fraction of sp³-hybridized carbons (Fsp3) is 0.438. The van der Waals surface area contributed by atoms with Crippen molar-refractivity contribution in [1.82, 2.24) is 0 Å². The third-order valence-corrected chi connectivity index (χ3v) is 3.54. The number of rotatable bonds is 7. The van der Waals surface area contributed by atoms with Crippen molar-refractivity contribution in [3.8, 4) is 6.07 Å². The molecule has 0 aliphatic rings. The van der Waals surface area contributed by atoms with E-state index in [1.54, 1.807) is 13.0 Å². The van der Waals surface area contributed by atoms with Crippen LogP contribution in [0.3, 0.4) is 0 Å². The lowest BCUT2D eigenvalue weighted by Gasteiger charge is -2.27. The van der Waals surface area contributed by atoms with E-state index in [4.69, 9.17) is 9.16 Å². The molecule has 0 aliphatic carbocycles. The summed E-state index contributed by atoms with van der Waals surface area (Å²) in [7, 11) is -1.75. The number of nitriles is 1. The molecule has 0 spiro atoms. The Balaban J connectivity index is 2.41. The maximum atomic E-state index is 9.24. The van der Waals surface area contributed by atoms with E-state index in [2.05, 4.69) is 25.7 Å². The Bertz CT molecular complexity index is 473. The molecule has 4 heteroatoms. The normalized spacial score (nSPS) is 14.9. The molecule has 1 atom stereocenters. The third kappa shape index (κ3) is 6.67. The SMILES string of the molecule is C[C@](C#N)(/C=C/COCc1ccccc1)O[Si](C)(C)C. The van der Waals surface area contributed by atoms with Crippen molar-refractivity contribution in [2.24, 2.45) is 0 Å². The molecule has 0 fully saturated rings. The summed E-state index contributed by atoms with van der Waals surface area (Å²) < 4.78 is 11.4. The first-order valence-corrected chi connectivity index (χ1v) is 10.2. The van der Waals surface area contributed by atoms with Gasteiger partial charge in [0.1, 0.15) is 6.07 Å². The lowest BCUT2D eigenvalue weighted by atomic mass is 10.1. The quantitative estimate of drug-likeness (QED) is 0.434. The van der Waals surface area contributed by atoms with Crippen molar-refractivity contribution in [3.05, 3.63) is 48.0 Å². The van der Waals surface area contributed by atoms with Crippen LogP contribution in [0.5, 0.6) is 0 Å². The molecule has 3 nitrogen and oxygen atoms in total. The summed E-state index contributed by atoms with van der Waals surface area (Å²) in [4.78, 5) is 0. The van der Waals surface area contributed by atoms with Gasteiger partial charge in [-0.3, -0.25) is 0 Å². The predicted octanol–water partition coefficient (Wildman–Crippen LogP) is 3.89. The smallest absolute Gasteiger partial charge is 0.186 e. The van der Waals surface area contributed by atoms with Crippen LogP contribution in [0.2, 0.25) is 19.6 Å². The molecular weight excluding hydrogens is 266 g/mol. The molecule has 0 heterocycles. The largest absolute Gasteiger partial charge is 0.397 e. The van der Waals surface area contributed by atoms with E-state index in [9.17, 15) is 5.26 Å². The minimum absolute atomic E-state index is 0.473. The van der Waals surface area contributed by atoms with Gasteiger partial charge in [-0.1, -0.05) is 36.4 Å². The van der Waals surface area contributed by atoms with Crippen LogP contribution in [0.25, 0.3) is 0 Å². The first kappa shape index (κ1) is 16.6. The van der Waals surface area contributed by atoms with Gasteiger partial charge in [-0.05, 0) is 38.2 Å². The highest BCUT2D eigenvalue weighted by Crippen LogP contribution is 2.18. The monoisotopic (exact) mass is 289 g/mol. The molecule has 1 aromatic rings. The predicted molar refractivity (Wildman–Crippen MR) is 83.7 cm³/mol. The summed E-state index contributed by atoms with van der Waals surface area (Å²) in [5, 5.41) is 9.24. The van der Waals surface area contributed by atoms with Gasteiger partial charge in [0.2, 0.25) is 0 Å². The number of hydrogen-bond donors (Lipinski definition) is 0. The van der Waals surface area contributed by atoms with Gasteiger partial charge in [-0.2, -0.15) is 5.26 Å². The van der Waals surface area contributed by atoms with E-state index in [1.807, 2.05) is 36.4 Å². The molecule has 0 saturated heterocycles. The molecule has 108 valence electrons. The van der Waals surface area contributed by atoms with Gasteiger partial charge in [0.25, 0.3) is 0 Å². The standard InChI is InChI=1S/C16H23NO2Si/c1-16(14-17,19-20(2,3)4)11-8-12-18-13-15-9-6-5-7-10-15/h5-11H,12-13H2,1-4H3/b11-8+/t16-/m1/s1. The number of benzene rings is 1. The minimum Gasteiger partial charge on any atom is -0.397 e. The summed E-state index contributed by atoms with van der Waals surface area (Å²) in [6.45, 7) is 9.05. The summed E-state index contributed by atoms with van der Waals surface area (Å²) in [5.74, 6) is 0. The van der Waals surface area contributed by atoms with Crippen molar-refractivity contribution in [2.45, 2.75) is 38.8 Å². The number of hydrogen-bond acceptors (Lipinski definition) is 3. The lowest BCUT2D eigenvalue weighted by molar-refractivity contribution is 0.145. The van der Waals surface area contributed by atoms with Gasteiger partial charge in [0, 0.05) is 0 Å². The fourth-order valence-electron chi connectivity index (χ4n) is 1.82. The second-order valence-electron chi connectivity index (χ2n) is 5.84. The van der Waals surface area contributed by atoms with Gasteiger partial charge in [0.05, 0.1) is 13.2 Å². The number of nitrogens with zero attached hydrogens (tertiary/aromatic N) is 1. The van der Waals surface area contributed by atoms with Crippen molar-refractivity contribution in [1.29, 1.82) is 5.26 Å². The highest BCUT2D eigenvalue weighted by molar-refractivity contribution is 6.69. The van der Waals surface area contributed by atoms with Crippen LogP contribution in [0, 0.1) is 11.3 Å². The molecule has 0 N–H and O–H groups in total. The minimum atomic E-state index is -1.75. The van der Waals surface area contributed by atoms with Crippen LogP contribution in [-0.2, 0) is 15.8 Å². The Hall–Kier alpha value is -1.41. The van der Waals surface area contributed by atoms with Crippen molar-refractivity contribution < 1.29 is 9.16 Å². The van der Waals surface area contributed by atoms with E-state index in [0.29, 0.717) is 13.2 Å². The first-order chi connectivity index (χ1) is 9.35. The number of ether oxygens (including phenoxy) is 1. The summed E-state index contributed by atoms with van der Waals surface area (Å²) in [6.07, 6.45) is 3.64. The molecular formula is C16H23NO2Si. The molecule has 0 aromatic heterocycles. The molecule has 0 bridgehead atoms. The van der Waals surface area contributed by atoms with Crippen LogP contribution in [0.15, 0.2) is 42.5 Å². The summed E-state index contributed by atoms with van der Waals surface area (Å²) in [5.41, 5.74) is 0.280. The Morgan fingerprint density at radius 1 is 1.25 bits per heavy atom. The molecule has 0 saturated carbocycles. The van der Waals surface area contributed by atoms with Crippen LogP contribution in [0.4, 0.5) is 0 Å². The zero-order chi connectivity index (χ0) is 15.1. The van der Waals surface area contributed by atoms with Gasteiger partial charge in [-0.15, -0.1) is 0 Å². The first-order valence-electron chi connectivity index (χ1n) is 6.75. The van der Waals surface area contributed by atoms with E-state index < -0.39 is 13.9 Å². The van der Waals surface area contributed by atoms with Crippen LogP contribution in [-0.4, -0.2) is 20.5 Å². The van der Waals surface area contributed by atoms with Crippen LogP contribution < -0.4 is 0 Å². The van der Waals surface area contributed by atoms with E-state index in [1.165, 1.54) is 0 Å². The van der Waals surface area contributed by atoms with Gasteiger partial charge in [-0.25, -0.2) is 0 Å². The fourth-order valence-corrected chi connectivity index (χ4v) is 3.21. The summed E-state index contributed by atoms with van der Waals surface area (Å²) >= 11 is 0. The maximum absolute atomic E-state index is 9.24. The second-order valence-corrected chi connectivity index (χ2v) is 10.3. The van der Waals surface area contributed by atoms with Crippen molar-refractivity contribution in [3.63, 3.8) is 0 Å². The molecule has 20 heavy (non-hydrogen) atoms. The van der Waals surface area contributed by atoms with Crippen LogP contribution in [0.1, 0.15) is 12.5 Å². The molecule has 0 unspecified atom stereocenters. The zero-order valence-electron chi connectivity index (χ0n) is 12.7. The van der Waals surface area contributed by atoms with Gasteiger partial charge in [0.15, 0.2) is 13.9 Å². The van der Waals surface area contributed by atoms with E-state index in [-0.39, 0.29) is 0 Å². The van der Waals surface area contributed by atoms with Gasteiger partial charge < -0.3 is 9.16 Å². The van der Waals surface area contributed by atoms with Crippen molar-refractivity contribution in [2.75, 3.05) is 6.61 Å². The Kier molecular flexibility index (Phi) is 6.15. The zero-order valence-corrected chi connectivity index (χ0v) is 13.7. The third-order valence-electron chi connectivity index (χ3n) is 2.50. The highest BCUT2D eigenvalue weighted by atomic mass is 28.4. The molecule has 1 aromatic carbocycles. The van der Waals surface area contributed by atoms with E-state index >= 15 is 0 Å². The summed E-state index contributed by atoms with van der Waals surface area (Å²) in [6, 6.07) is 12.2. The molecule has 0 aliphatic heterocycles. The lowest BCUT2D eigenvalue weighted by Crippen LogP contribution is -2.38. The van der Waals surface area contributed by atoms with E-state index in [0.717, 1.165) is 5.56 Å². The van der Waals surface area contributed by atoms with Crippen molar-refractivity contribution >= 4 is 8.32 Å². The Labute approximate surface area is 123 Å². The average molecular weight is 289 g/mol. The molecule has 0 radical (unpaired) electrons. The molecule has 1 rings (SSSR count). The Morgan fingerprint density at radius 2 is 1.90 bits per heavy atom. The van der Waals surface area contributed by atoms with Crippen LogP contribution >= 0.6 is 0 Å².